The second-order valence-electron chi connectivity index (χ2n) is 5.10. The summed E-state index contributed by atoms with van der Waals surface area (Å²) in [4.78, 5) is 13.7. The minimum absolute atomic E-state index is 0.295. The summed E-state index contributed by atoms with van der Waals surface area (Å²) in [6.07, 6.45) is 3.77. The van der Waals surface area contributed by atoms with Gasteiger partial charge in [-0.05, 0) is 42.5 Å². The largest absolute Gasteiger partial charge is 0.342 e. The standard InChI is InChI=1S/C14H16ClNO/c1-16-13-6-2-9-8-10(15)3-4-11(9)12(13)5-7-14(16)17/h3-4,8,12-13H,2,5-7H2,1H3/t12-,13-/m1/s1/i14+2. The van der Waals surface area contributed by atoms with E-state index in [4.69, 9.17) is 11.6 Å². The normalized spacial score (nSPS) is 27.6. The molecule has 0 bridgehead atoms. The lowest BCUT2D eigenvalue weighted by atomic mass is 9.76. The number of piperidine rings is 1. The number of rotatable bonds is 0. The Morgan fingerprint density at radius 1 is 1.41 bits per heavy atom. The van der Waals surface area contributed by atoms with Crippen molar-refractivity contribution in [3.05, 3.63) is 34.3 Å². The van der Waals surface area contributed by atoms with Crippen LogP contribution in [0.4, 0.5) is 0 Å². The fraction of sp³-hybridized carbons (Fsp3) is 0.500. The maximum absolute atomic E-state index is 11.7. The third-order valence-electron chi connectivity index (χ3n) is 4.24. The molecule has 17 heavy (non-hydrogen) atoms. The van der Waals surface area contributed by atoms with Gasteiger partial charge >= 0.3 is 0 Å². The summed E-state index contributed by atoms with van der Waals surface area (Å²) in [6.45, 7) is 0. The molecule has 2 aliphatic rings. The molecule has 0 unspecified atom stereocenters. The zero-order valence-electron chi connectivity index (χ0n) is 9.95. The van der Waals surface area contributed by atoms with Gasteiger partial charge in [0.2, 0.25) is 5.91 Å². The highest BCUT2D eigenvalue weighted by Crippen LogP contribution is 2.41. The van der Waals surface area contributed by atoms with Crippen LogP contribution in [0, 0.1) is 0 Å². The fourth-order valence-corrected chi connectivity index (χ4v) is 3.51. The highest BCUT2D eigenvalue weighted by Gasteiger charge is 2.37. The minimum atomic E-state index is 0.295. The number of carbonyl (C=O) groups is 1. The molecule has 3 rings (SSSR count). The molecule has 0 radical (unpaired) electrons. The molecule has 0 spiro atoms. The SMILES string of the molecule is CN1[C@@H]2CCc3cc(Cl)ccc3[C@H]2CC[14C]1=O. The second-order valence-corrected chi connectivity index (χ2v) is 5.54. The molecule has 1 fully saturated rings. The second kappa shape index (κ2) is 4.02. The highest BCUT2D eigenvalue weighted by atomic mass is 35.5. The van der Waals surface area contributed by atoms with Gasteiger partial charge in [0.15, 0.2) is 0 Å². The van der Waals surface area contributed by atoms with Crippen molar-refractivity contribution in [3.63, 3.8) is 0 Å². The molecular weight excluding hydrogens is 236 g/mol. The van der Waals surface area contributed by atoms with Crippen molar-refractivity contribution in [2.45, 2.75) is 37.6 Å². The number of hydrogen-bond donors (Lipinski definition) is 0. The number of amides is 1. The van der Waals surface area contributed by atoms with Crippen molar-refractivity contribution in [2.24, 2.45) is 0 Å². The van der Waals surface area contributed by atoms with E-state index in [1.807, 2.05) is 18.0 Å². The van der Waals surface area contributed by atoms with Crippen molar-refractivity contribution in [1.29, 1.82) is 0 Å². The third-order valence-corrected chi connectivity index (χ3v) is 4.47. The lowest BCUT2D eigenvalue weighted by molar-refractivity contribution is -0.135. The van der Waals surface area contributed by atoms with Crippen LogP contribution in [0.3, 0.4) is 0 Å². The van der Waals surface area contributed by atoms with Gasteiger partial charge in [0.1, 0.15) is 0 Å². The van der Waals surface area contributed by atoms with Gasteiger partial charge in [0.25, 0.3) is 0 Å². The zero-order chi connectivity index (χ0) is 12.0. The molecule has 0 N–H and O–H groups in total. The van der Waals surface area contributed by atoms with E-state index in [1.54, 1.807) is 0 Å². The Labute approximate surface area is 107 Å². The number of hydrogen-bond acceptors (Lipinski definition) is 1. The molecule has 90 valence electrons. The van der Waals surface area contributed by atoms with Gasteiger partial charge in [-0.2, -0.15) is 0 Å². The summed E-state index contributed by atoms with van der Waals surface area (Å²) in [6, 6.07) is 6.60. The summed E-state index contributed by atoms with van der Waals surface area (Å²) < 4.78 is 0. The topological polar surface area (TPSA) is 20.3 Å². The first-order valence-corrected chi connectivity index (χ1v) is 6.58. The Kier molecular flexibility index (Phi) is 2.62. The summed E-state index contributed by atoms with van der Waals surface area (Å²) in [5, 5.41) is 0.822. The Morgan fingerprint density at radius 2 is 2.24 bits per heavy atom. The Morgan fingerprint density at radius 3 is 3.06 bits per heavy atom. The van der Waals surface area contributed by atoms with Crippen LogP contribution in [0.2, 0.25) is 5.02 Å². The van der Waals surface area contributed by atoms with E-state index in [0.29, 0.717) is 24.3 Å². The van der Waals surface area contributed by atoms with Gasteiger partial charge in [0.05, 0.1) is 0 Å². The van der Waals surface area contributed by atoms with E-state index >= 15 is 0 Å². The maximum Gasteiger partial charge on any atom is 0.222 e. The predicted octanol–water partition coefficient (Wildman–Crippen LogP) is 2.99. The highest BCUT2D eigenvalue weighted by molar-refractivity contribution is 6.30. The number of likely N-dealkylation sites (tertiary alicyclic amines) is 1. The number of benzene rings is 1. The molecule has 1 heterocycles. The van der Waals surface area contributed by atoms with Gasteiger partial charge in [-0.3, -0.25) is 4.79 Å². The zero-order valence-corrected chi connectivity index (χ0v) is 10.7. The summed E-state index contributed by atoms with van der Waals surface area (Å²) in [7, 11) is 1.94. The first kappa shape index (κ1) is 11.1. The molecule has 1 amide bonds. The average Bonchev–Trinajstić information content (AvgIpc) is 2.33. The van der Waals surface area contributed by atoms with Gasteiger partial charge in [-0.25, -0.2) is 0 Å². The first-order chi connectivity index (χ1) is 8.16. The first-order valence-electron chi connectivity index (χ1n) is 6.21. The van der Waals surface area contributed by atoms with E-state index in [-0.39, 0.29) is 0 Å². The molecule has 0 aromatic heterocycles. The summed E-state index contributed by atoms with van der Waals surface area (Å²) in [5.74, 6) is 0.808. The van der Waals surface area contributed by atoms with E-state index in [1.165, 1.54) is 11.1 Å². The van der Waals surface area contributed by atoms with Crippen molar-refractivity contribution in [3.8, 4) is 0 Å². The molecule has 0 saturated carbocycles. The monoisotopic (exact) mass is 251 g/mol. The molecular formula is C14H16ClNO. The lowest BCUT2D eigenvalue weighted by Gasteiger charge is -2.43. The van der Waals surface area contributed by atoms with Gasteiger partial charge in [-0.1, -0.05) is 17.7 Å². The van der Waals surface area contributed by atoms with Gasteiger partial charge < -0.3 is 4.90 Å². The smallest absolute Gasteiger partial charge is 0.222 e. The molecule has 2 nitrogen and oxygen atoms in total. The van der Waals surface area contributed by atoms with Crippen molar-refractivity contribution in [1.82, 2.24) is 4.90 Å². The molecule has 2 atom stereocenters. The third kappa shape index (κ3) is 1.75. The Bertz CT molecular complexity index is 471. The van der Waals surface area contributed by atoms with Crippen molar-refractivity contribution >= 4 is 17.5 Å². The van der Waals surface area contributed by atoms with Crippen LogP contribution in [0.15, 0.2) is 18.2 Å². The number of carbonyl (C=O) groups excluding carboxylic acids is 1. The van der Waals surface area contributed by atoms with E-state index in [0.717, 1.165) is 24.3 Å². The molecule has 1 aromatic carbocycles. The van der Waals surface area contributed by atoms with Crippen LogP contribution in [0.25, 0.3) is 0 Å². The van der Waals surface area contributed by atoms with E-state index in [2.05, 4.69) is 12.1 Å². The molecule has 3 heteroatoms. The van der Waals surface area contributed by atoms with Crippen LogP contribution in [-0.4, -0.2) is 23.9 Å². The predicted molar refractivity (Wildman–Crippen MR) is 68.3 cm³/mol. The molecule has 1 aliphatic heterocycles. The quantitative estimate of drug-likeness (QED) is 0.694. The fourth-order valence-electron chi connectivity index (χ4n) is 3.32. The number of aryl methyl sites for hydroxylation is 1. The number of nitrogens with zero attached hydrogens (tertiary/aromatic N) is 1. The number of fused-ring (bicyclic) bond motifs is 3. The van der Waals surface area contributed by atoms with Gasteiger partial charge in [0, 0.05) is 30.5 Å². The van der Waals surface area contributed by atoms with Crippen LogP contribution in [0.5, 0.6) is 0 Å². The Balaban J connectivity index is 1.99. The van der Waals surface area contributed by atoms with Crippen LogP contribution in [0.1, 0.15) is 36.3 Å². The minimum Gasteiger partial charge on any atom is -0.342 e. The summed E-state index contributed by atoms with van der Waals surface area (Å²) in [5.41, 5.74) is 2.78. The Hall–Kier alpha value is -1.02. The number of halogens is 1. The van der Waals surface area contributed by atoms with Crippen LogP contribution < -0.4 is 0 Å². The number of likely N-dealkylation sites (N-methyl/N-ethyl adjacent to an activating group) is 1. The van der Waals surface area contributed by atoms with E-state index in [9.17, 15) is 4.79 Å². The van der Waals surface area contributed by atoms with Crippen molar-refractivity contribution < 1.29 is 4.79 Å². The average molecular weight is 252 g/mol. The van der Waals surface area contributed by atoms with Crippen LogP contribution >= 0.6 is 11.6 Å². The van der Waals surface area contributed by atoms with Crippen LogP contribution in [-0.2, 0) is 11.2 Å². The van der Waals surface area contributed by atoms with E-state index < -0.39 is 0 Å². The molecule has 1 aliphatic carbocycles. The summed E-state index contributed by atoms with van der Waals surface area (Å²) >= 11 is 6.04. The molecule has 1 saturated heterocycles. The lowest BCUT2D eigenvalue weighted by Crippen LogP contribution is -2.47. The van der Waals surface area contributed by atoms with Crippen molar-refractivity contribution in [2.75, 3.05) is 7.05 Å². The molecule has 1 aromatic rings. The van der Waals surface area contributed by atoms with Gasteiger partial charge in [-0.15, -0.1) is 0 Å². The maximum atomic E-state index is 11.7.